The Bertz CT molecular complexity index is 1250. The van der Waals surface area contributed by atoms with Gasteiger partial charge >= 0.3 is 0 Å². The Morgan fingerprint density at radius 1 is 1.03 bits per heavy atom. The van der Waals surface area contributed by atoms with Gasteiger partial charge in [-0.25, -0.2) is 4.98 Å². The van der Waals surface area contributed by atoms with Gasteiger partial charge in [0.05, 0.1) is 10.7 Å². The molecule has 1 fully saturated rings. The van der Waals surface area contributed by atoms with E-state index in [9.17, 15) is 4.79 Å². The van der Waals surface area contributed by atoms with Crippen LogP contribution in [0, 0.1) is 0 Å². The number of fused-ring (bicyclic) bond motifs is 1. The molecule has 0 aliphatic carbocycles. The van der Waals surface area contributed by atoms with Gasteiger partial charge in [0.15, 0.2) is 0 Å². The number of rotatable bonds is 4. The van der Waals surface area contributed by atoms with Gasteiger partial charge in [-0.05, 0) is 85.5 Å². The second kappa shape index (κ2) is 9.27. The molecule has 0 unspecified atom stereocenters. The number of H-pyrrole nitrogens is 1. The molecule has 2 aromatic carbocycles. The Kier molecular flexibility index (Phi) is 6.06. The zero-order chi connectivity index (χ0) is 21.9. The minimum atomic E-state index is -0.152. The lowest BCUT2D eigenvalue weighted by Crippen LogP contribution is -2.15. The Hall–Kier alpha value is -2.96. The molecule has 0 radical (unpaired) electrons. The third kappa shape index (κ3) is 4.47. The number of aromatic nitrogens is 2. The molecule has 3 heterocycles. The van der Waals surface area contributed by atoms with E-state index in [0.717, 1.165) is 40.3 Å². The molecule has 0 saturated carbocycles. The van der Waals surface area contributed by atoms with Crippen LogP contribution < -0.4 is 9.62 Å². The van der Waals surface area contributed by atoms with Crippen LogP contribution in [-0.2, 0) is 0 Å². The number of amides is 1. The summed E-state index contributed by atoms with van der Waals surface area (Å²) >= 11 is 8.31. The van der Waals surface area contributed by atoms with Crippen LogP contribution in [0.1, 0.15) is 29.6 Å². The smallest absolute Gasteiger partial charge is 0.255 e. The second-order valence-corrected chi connectivity index (χ2v) is 9.32. The van der Waals surface area contributed by atoms with Crippen LogP contribution in [0.15, 0.2) is 66.9 Å². The highest BCUT2D eigenvalue weighted by Gasteiger charge is 2.14. The molecular formula is C25H23ClN4OS. The molecule has 2 N–H and O–H groups in total. The summed E-state index contributed by atoms with van der Waals surface area (Å²) in [7, 11) is 0. The maximum atomic E-state index is 12.8. The number of carbonyl (C=O) groups excluding carboxylic acids is 1. The first-order chi connectivity index (χ1) is 15.7. The zero-order valence-corrected chi connectivity index (χ0v) is 19.0. The first-order valence-corrected chi connectivity index (χ1v) is 12.1. The number of carbonyl (C=O) groups is 1. The van der Waals surface area contributed by atoms with Crippen molar-refractivity contribution in [1.29, 1.82) is 0 Å². The summed E-state index contributed by atoms with van der Waals surface area (Å²) in [4.78, 5) is 20.6. The topological polar surface area (TPSA) is 61.0 Å². The highest BCUT2D eigenvalue weighted by atomic mass is 35.5. The molecule has 5 nitrogen and oxygen atoms in total. The van der Waals surface area contributed by atoms with Gasteiger partial charge in [0.2, 0.25) is 0 Å². The van der Waals surface area contributed by atoms with E-state index in [-0.39, 0.29) is 5.91 Å². The van der Waals surface area contributed by atoms with Crippen molar-refractivity contribution in [1.82, 2.24) is 9.97 Å². The van der Waals surface area contributed by atoms with Crippen LogP contribution in [0.3, 0.4) is 0 Å². The minimum Gasteiger partial charge on any atom is -0.346 e. The van der Waals surface area contributed by atoms with E-state index in [1.807, 2.05) is 66.7 Å². The first kappa shape index (κ1) is 20.9. The number of anilines is 2. The predicted molar refractivity (Wildman–Crippen MR) is 135 cm³/mol. The van der Waals surface area contributed by atoms with Crippen LogP contribution in [0.2, 0.25) is 5.02 Å². The van der Waals surface area contributed by atoms with Crippen molar-refractivity contribution >= 4 is 51.9 Å². The Balaban J connectivity index is 1.33. The fraction of sp³-hybridized carbons (Fsp3) is 0.200. The Labute approximate surface area is 196 Å². The molecule has 4 aromatic rings. The maximum Gasteiger partial charge on any atom is 0.255 e. The van der Waals surface area contributed by atoms with Crippen LogP contribution >= 0.6 is 23.5 Å². The van der Waals surface area contributed by atoms with Gasteiger partial charge in [-0.15, -0.1) is 0 Å². The summed E-state index contributed by atoms with van der Waals surface area (Å²) in [5.74, 6) is 0.994. The molecule has 1 amide bonds. The van der Waals surface area contributed by atoms with Gasteiger partial charge in [0.1, 0.15) is 5.65 Å². The lowest BCUT2D eigenvalue weighted by molar-refractivity contribution is 0.102. The van der Waals surface area contributed by atoms with Crippen LogP contribution in [0.4, 0.5) is 11.4 Å². The van der Waals surface area contributed by atoms with Gasteiger partial charge in [-0.2, -0.15) is 0 Å². The van der Waals surface area contributed by atoms with Crippen molar-refractivity contribution in [3.05, 3.63) is 77.4 Å². The Morgan fingerprint density at radius 3 is 2.78 bits per heavy atom. The van der Waals surface area contributed by atoms with Gasteiger partial charge in [0, 0.05) is 46.4 Å². The monoisotopic (exact) mass is 462 g/mol. The molecule has 0 spiro atoms. The van der Waals surface area contributed by atoms with E-state index in [2.05, 4.69) is 19.6 Å². The van der Waals surface area contributed by atoms with Crippen molar-refractivity contribution < 1.29 is 4.79 Å². The van der Waals surface area contributed by atoms with E-state index in [1.165, 1.54) is 19.3 Å². The number of nitrogens with zero attached hydrogens (tertiary/aromatic N) is 2. The van der Waals surface area contributed by atoms with E-state index >= 15 is 0 Å². The fourth-order valence-corrected chi connectivity index (χ4v) is 5.14. The molecule has 7 heteroatoms. The number of nitrogens with one attached hydrogen (secondary N) is 2. The lowest BCUT2D eigenvalue weighted by Gasteiger charge is -2.21. The quantitative estimate of drug-likeness (QED) is 0.328. The number of halogens is 1. The van der Waals surface area contributed by atoms with Crippen molar-refractivity contribution in [2.45, 2.75) is 19.3 Å². The summed E-state index contributed by atoms with van der Waals surface area (Å²) < 4.78 is 2.33. The number of benzene rings is 2. The molecule has 1 saturated heterocycles. The summed E-state index contributed by atoms with van der Waals surface area (Å²) in [6.07, 6.45) is 5.61. The van der Waals surface area contributed by atoms with Gasteiger partial charge in [-0.1, -0.05) is 18.0 Å². The number of hydrogen-bond donors (Lipinski definition) is 2. The number of hydrogen-bond acceptors (Lipinski definition) is 4. The molecule has 1 aliphatic rings. The number of aromatic amines is 1. The molecule has 2 aromatic heterocycles. The van der Waals surface area contributed by atoms with Crippen molar-refractivity contribution in [3.8, 4) is 11.3 Å². The summed E-state index contributed by atoms with van der Waals surface area (Å²) in [5.41, 5.74) is 4.77. The molecule has 0 atom stereocenters. The molecule has 162 valence electrons. The standard InChI is InChI=1S/C25H23ClN4OS/c26-22-10-7-19(16-21(22)23-11-6-17-12-13-27-24(17)29-23)28-25(31)18-4-8-20(9-5-18)30-14-2-1-3-15-32-30/h4-13,16H,1-3,14-15H2,(H,27,29)(H,28,31). The van der Waals surface area contributed by atoms with Gasteiger partial charge < -0.3 is 14.6 Å². The third-order valence-electron chi connectivity index (χ3n) is 5.58. The predicted octanol–water partition coefficient (Wildman–Crippen LogP) is 6.77. The fourth-order valence-electron chi connectivity index (χ4n) is 3.84. The highest BCUT2D eigenvalue weighted by molar-refractivity contribution is 8.00. The molecule has 0 bridgehead atoms. The summed E-state index contributed by atoms with van der Waals surface area (Å²) in [6.45, 7) is 1.05. The van der Waals surface area contributed by atoms with Crippen molar-refractivity contribution in [3.63, 3.8) is 0 Å². The molecule has 5 rings (SSSR count). The lowest BCUT2D eigenvalue weighted by atomic mass is 10.1. The van der Waals surface area contributed by atoms with Gasteiger partial charge in [-0.3, -0.25) is 4.79 Å². The van der Waals surface area contributed by atoms with Crippen molar-refractivity contribution in [2.75, 3.05) is 21.9 Å². The summed E-state index contributed by atoms with van der Waals surface area (Å²) in [5, 5.41) is 4.61. The summed E-state index contributed by atoms with van der Waals surface area (Å²) in [6, 6.07) is 19.2. The zero-order valence-electron chi connectivity index (χ0n) is 17.5. The minimum absolute atomic E-state index is 0.152. The Morgan fingerprint density at radius 2 is 1.91 bits per heavy atom. The maximum absolute atomic E-state index is 12.8. The second-order valence-electron chi connectivity index (χ2n) is 7.80. The van der Waals surface area contributed by atoms with E-state index in [0.29, 0.717) is 16.3 Å². The molecule has 32 heavy (non-hydrogen) atoms. The third-order valence-corrected chi connectivity index (χ3v) is 7.09. The molecule has 1 aliphatic heterocycles. The normalized spacial score (nSPS) is 14.3. The highest BCUT2D eigenvalue weighted by Crippen LogP contribution is 2.31. The SMILES string of the molecule is O=C(Nc1ccc(Cl)c(-c2ccc3cc[nH]c3n2)c1)c1ccc(N2CCCCCS2)cc1. The van der Waals surface area contributed by atoms with E-state index in [4.69, 9.17) is 11.6 Å². The first-order valence-electron chi connectivity index (χ1n) is 10.7. The number of pyridine rings is 1. The van der Waals surface area contributed by atoms with Crippen LogP contribution in [0.25, 0.3) is 22.3 Å². The average Bonchev–Trinajstić information content (AvgIpc) is 3.12. The molecular weight excluding hydrogens is 440 g/mol. The largest absolute Gasteiger partial charge is 0.346 e. The van der Waals surface area contributed by atoms with E-state index in [1.54, 1.807) is 12.1 Å². The van der Waals surface area contributed by atoms with E-state index < -0.39 is 0 Å². The van der Waals surface area contributed by atoms with Crippen LogP contribution in [-0.4, -0.2) is 28.2 Å². The average molecular weight is 463 g/mol. The van der Waals surface area contributed by atoms with Crippen LogP contribution in [0.5, 0.6) is 0 Å². The van der Waals surface area contributed by atoms with Crippen molar-refractivity contribution in [2.24, 2.45) is 0 Å². The van der Waals surface area contributed by atoms with Gasteiger partial charge in [0.25, 0.3) is 5.91 Å².